The van der Waals surface area contributed by atoms with Crippen molar-refractivity contribution in [2.24, 2.45) is 5.84 Å². The van der Waals surface area contributed by atoms with E-state index in [0.29, 0.717) is 6.61 Å². The normalized spacial score (nSPS) is 12.8. The maximum atomic E-state index is 5.55. The van der Waals surface area contributed by atoms with Gasteiger partial charge in [-0.25, -0.2) is 0 Å². The van der Waals surface area contributed by atoms with Gasteiger partial charge in [0.25, 0.3) is 0 Å². The molecule has 1 rings (SSSR count). The summed E-state index contributed by atoms with van der Waals surface area (Å²) in [7, 11) is 0. The van der Waals surface area contributed by atoms with Gasteiger partial charge in [-0.2, -0.15) is 0 Å². The van der Waals surface area contributed by atoms with Crippen LogP contribution in [0.1, 0.15) is 36.1 Å². The molecule has 0 saturated carbocycles. The van der Waals surface area contributed by atoms with E-state index in [1.165, 1.54) is 16.7 Å². The molecule has 1 aromatic carbocycles. The number of aryl methyl sites for hydroxylation is 2. The second-order valence-corrected chi connectivity index (χ2v) is 4.14. The lowest BCUT2D eigenvalue weighted by molar-refractivity contribution is 0.112. The Morgan fingerprint density at radius 2 is 2.06 bits per heavy atom. The molecule has 3 heteroatoms. The number of nitrogens with one attached hydrogen (secondary N) is 1. The van der Waals surface area contributed by atoms with Crippen LogP contribution in [0.4, 0.5) is 0 Å². The molecule has 0 saturated heterocycles. The van der Waals surface area contributed by atoms with E-state index < -0.39 is 0 Å². The lowest BCUT2D eigenvalue weighted by Crippen LogP contribution is -2.31. The van der Waals surface area contributed by atoms with E-state index in [9.17, 15) is 0 Å². The van der Waals surface area contributed by atoms with Gasteiger partial charge in [-0.3, -0.25) is 11.3 Å². The summed E-state index contributed by atoms with van der Waals surface area (Å²) in [5, 5.41) is 0. The molecule has 1 aromatic rings. The van der Waals surface area contributed by atoms with Gasteiger partial charge in [0.1, 0.15) is 0 Å². The molecular formula is C13H22N2O. The van der Waals surface area contributed by atoms with Gasteiger partial charge in [-0.1, -0.05) is 25.1 Å². The Kier molecular flexibility index (Phi) is 5.46. The number of benzene rings is 1. The predicted octanol–water partition coefficient (Wildman–Crippen LogP) is 2.23. The molecule has 0 bridgehead atoms. The minimum atomic E-state index is 0.0749. The van der Waals surface area contributed by atoms with Gasteiger partial charge in [-0.05, 0) is 37.0 Å². The first-order chi connectivity index (χ1) is 7.69. The monoisotopic (exact) mass is 222 g/mol. The third-order valence-corrected chi connectivity index (χ3v) is 2.77. The zero-order valence-electron chi connectivity index (χ0n) is 10.4. The molecule has 0 aliphatic carbocycles. The predicted molar refractivity (Wildman–Crippen MR) is 67.1 cm³/mol. The fourth-order valence-corrected chi connectivity index (χ4v) is 1.57. The van der Waals surface area contributed by atoms with E-state index in [2.05, 4.69) is 44.4 Å². The summed E-state index contributed by atoms with van der Waals surface area (Å²) in [6.07, 6.45) is 1.03. The zero-order chi connectivity index (χ0) is 12.0. The molecule has 0 spiro atoms. The molecule has 0 heterocycles. The number of nitrogens with two attached hydrogens (primary N) is 1. The molecule has 0 amide bonds. The van der Waals surface area contributed by atoms with Gasteiger partial charge in [0.15, 0.2) is 0 Å². The van der Waals surface area contributed by atoms with Gasteiger partial charge in [0, 0.05) is 6.61 Å². The van der Waals surface area contributed by atoms with Crippen LogP contribution >= 0.6 is 0 Å². The highest BCUT2D eigenvalue weighted by molar-refractivity contribution is 5.31. The van der Waals surface area contributed by atoms with E-state index in [0.717, 1.165) is 13.0 Å². The summed E-state index contributed by atoms with van der Waals surface area (Å²) >= 11 is 0. The number of ether oxygens (including phenoxy) is 1. The highest BCUT2D eigenvalue weighted by Crippen LogP contribution is 2.16. The topological polar surface area (TPSA) is 47.3 Å². The fraction of sp³-hybridized carbons (Fsp3) is 0.538. The van der Waals surface area contributed by atoms with Gasteiger partial charge in [0.05, 0.1) is 12.6 Å². The van der Waals surface area contributed by atoms with Gasteiger partial charge in [-0.15, -0.1) is 0 Å². The van der Waals surface area contributed by atoms with Crippen LogP contribution in [-0.4, -0.2) is 13.2 Å². The van der Waals surface area contributed by atoms with Crippen LogP contribution in [0.2, 0.25) is 0 Å². The second kappa shape index (κ2) is 6.63. The maximum absolute atomic E-state index is 5.55. The SMILES string of the molecule is CCCOCC(NN)c1ccc(C)c(C)c1. The van der Waals surface area contributed by atoms with Crippen molar-refractivity contribution in [3.05, 3.63) is 34.9 Å². The van der Waals surface area contributed by atoms with E-state index >= 15 is 0 Å². The third-order valence-electron chi connectivity index (χ3n) is 2.77. The molecular weight excluding hydrogens is 200 g/mol. The van der Waals surface area contributed by atoms with Crippen molar-refractivity contribution in [2.45, 2.75) is 33.2 Å². The van der Waals surface area contributed by atoms with Crippen molar-refractivity contribution in [1.82, 2.24) is 5.43 Å². The number of hydrogen-bond donors (Lipinski definition) is 2. The molecule has 1 unspecified atom stereocenters. The smallest absolute Gasteiger partial charge is 0.0694 e. The molecule has 0 aromatic heterocycles. The van der Waals surface area contributed by atoms with Crippen LogP contribution in [0.3, 0.4) is 0 Å². The summed E-state index contributed by atoms with van der Waals surface area (Å²) in [6.45, 7) is 7.72. The first-order valence-electron chi connectivity index (χ1n) is 5.80. The standard InChI is InChI=1S/C13H22N2O/c1-4-7-16-9-13(15-14)12-6-5-10(2)11(3)8-12/h5-6,8,13,15H,4,7,9,14H2,1-3H3. The highest BCUT2D eigenvalue weighted by atomic mass is 16.5. The Morgan fingerprint density at radius 3 is 2.62 bits per heavy atom. The zero-order valence-corrected chi connectivity index (χ0v) is 10.4. The molecule has 3 N–H and O–H groups in total. The molecule has 16 heavy (non-hydrogen) atoms. The van der Waals surface area contributed by atoms with Crippen molar-refractivity contribution in [2.75, 3.05) is 13.2 Å². The Balaban J connectivity index is 2.67. The largest absolute Gasteiger partial charge is 0.379 e. The minimum absolute atomic E-state index is 0.0749. The van der Waals surface area contributed by atoms with Crippen LogP contribution < -0.4 is 11.3 Å². The van der Waals surface area contributed by atoms with E-state index in [-0.39, 0.29) is 6.04 Å². The number of hydrazine groups is 1. The van der Waals surface area contributed by atoms with Crippen LogP contribution in [0.15, 0.2) is 18.2 Å². The maximum Gasteiger partial charge on any atom is 0.0694 e. The van der Waals surface area contributed by atoms with E-state index in [1.807, 2.05) is 0 Å². The van der Waals surface area contributed by atoms with E-state index in [4.69, 9.17) is 10.6 Å². The average molecular weight is 222 g/mol. The van der Waals surface area contributed by atoms with Gasteiger partial charge >= 0.3 is 0 Å². The van der Waals surface area contributed by atoms with Crippen molar-refractivity contribution in [3.63, 3.8) is 0 Å². The van der Waals surface area contributed by atoms with Crippen molar-refractivity contribution < 1.29 is 4.74 Å². The Labute approximate surface area is 98.0 Å². The molecule has 90 valence electrons. The molecule has 0 fully saturated rings. The van der Waals surface area contributed by atoms with Crippen LogP contribution in [0.25, 0.3) is 0 Å². The molecule has 1 atom stereocenters. The van der Waals surface area contributed by atoms with Crippen LogP contribution in [0.5, 0.6) is 0 Å². The molecule has 0 radical (unpaired) electrons. The van der Waals surface area contributed by atoms with Gasteiger partial charge in [0.2, 0.25) is 0 Å². The summed E-state index contributed by atoms with van der Waals surface area (Å²) in [5.41, 5.74) is 6.57. The first kappa shape index (κ1) is 13.2. The number of hydrogen-bond acceptors (Lipinski definition) is 3. The fourth-order valence-electron chi connectivity index (χ4n) is 1.57. The quantitative estimate of drug-likeness (QED) is 0.441. The van der Waals surface area contributed by atoms with E-state index in [1.54, 1.807) is 0 Å². The Hall–Kier alpha value is -0.900. The summed E-state index contributed by atoms with van der Waals surface area (Å²) in [5.74, 6) is 5.55. The lowest BCUT2D eigenvalue weighted by Gasteiger charge is -2.17. The van der Waals surface area contributed by atoms with Crippen molar-refractivity contribution in [3.8, 4) is 0 Å². The summed E-state index contributed by atoms with van der Waals surface area (Å²) < 4.78 is 5.52. The second-order valence-electron chi connectivity index (χ2n) is 4.14. The molecule has 3 nitrogen and oxygen atoms in total. The Bertz CT molecular complexity index is 326. The van der Waals surface area contributed by atoms with Gasteiger partial charge < -0.3 is 4.74 Å². The highest BCUT2D eigenvalue weighted by Gasteiger charge is 2.10. The third kappa shape index (κ3) is 3.59. The Morgan fingerprint density at radius 1 is 1.31 bits per heavy atom. The first-order valence-corrected chi connectivity index (χ1v) is 5.80. The van der Waals surface area contributed by atoms with Crippen LogP contribution in [-0.2, 0) is 4.74 Å². The van der Waals surface area contributed by atoms with Crippen molar-refractivity contribution in [1.29, 1.82) is 0 Å². The average Bonchev–Trinajstić information content (AvgIpc) is 2.29. The number of rotatable bonds is 6. The molecule has 0 aliphatic heterocycles. The van der Waals surface area contributed by atoms with Crippen LogP contribution in [0, 0.1) is 13.8 Å². The summed E-state index contributed by atoms with van der Waals surface area (Å²) in [6, 6.07) is 6.46. The minimum Gasteiger partial charge on any atom is -0.379 e. The summed E-state index contributed by atoms with van der Waals surface area (Å²) in [4.78, 5) is 0. The van der Waals surface area contributed by atoms with Crippen molar-refractivity contribution >= 4 is 0 Å². The molecule has 0 aliphatic rings. The lowest BCUT2D eigenvalue weighted by atomic mass is 10.0.